The molecule has 0 aliphatic rings. The SMILES string of the molecule is CCOC(=O)C(Cc1c[nH]c2ccccc12)c1cccc(C)c1. The molecule has 2 aromatic carbocycles. The first-order chi connectivity index (χ1) is 11.2. The second kappa shape index (κ2) is 6.69. The Labute approximate surface area is 136 Å². The fourth-order valence-corrected chi connectivity index (χ4v) is 2.99. The molecule has 0 aliphatic carbocycles. The highest BCUT2D eigenvalue weighted by molar-refractivity contribution is 5.85. The maximum Gasteiger partial charge on any atom is 0.313 e. The lowest BCUT2D eigenvalue weighted by Gasteiger charge is -2.16. The third-order valence-electron chi connectivity index (χ3n) is 4.11. The van der Waals surface area contributed by atoms with Gasteiger partial charge < -0.3 is 9.72 Å². The summed E-state index contributed by atoms with van der Waals surface area (Å²) in [6, 6.07) is 16.3. The third-order valence-corrected chi connectivity index (χ3v) is 4.11. The van der Waals surface area contributed by atoms with Gasteiger partial charge in [-0.1, -0.05) is 48.0 Å². The van der Waals surface area contributed by atoms with Crippen molar-refractivity contribution in [3.63, 3.8) is 0 Å². The molecule has 3 aromatic rings. The lowest BCUT2D eigenvalue weighted by atomic mass is 9.91. The summed E-state index contributed by atoms with van der Waals surface area (Å²) in [7, 11) is 0. The molecule has 0 aliphatic heterocycles. The Bertz CT molecular complexity index is 819. The molecule has 23 heavy (non-hydrogen) atoms. The number of H-pyrrole nitrogens is 1. The number of esters is 1. The summed E-state index contributed by atoms with van der Waals surface area (Å²) < 4.78 is 5.31. The number of aromatic nitrogens is 1. The molecule has 3 heteroatoms. The van der Waals surface area contributed by atoms with Crippen molar-refractivity contribution in [3.8, 4) is 0 Å². The van der Waals surface area contributed by atoms with E-state index < -0.39 is 0 Å². The Hall–Kier alpha value is -2.55. The molecule has 1 heterocycles. The number of para-hydroxylation sites is 1. The van der Waals surface area contributed by atoms with Crippen molar-refractivity contribution < 1.29 is 9.53 Å². The van der Waals surface area contributed by atoms with Gasteiger partial charge in [-0.15, -0.1) is 0 Å². The van der Waals surface area contributed by atoms with E-state index in [0.717, 1.165) is 27.6 Å². The van der Waals surface area contributed by atoms with Gasteiger partial charge in [0, 0.05) is 17.1 Å². The van der Waals surface area contributed by atoms with Gasteiger partial charge in [-0.3, -0.25) is 4.79 Å². The molecule has 0 saturated heterocycles. The molecule has 3 rings (SSSR count). The summed E-state index contributed by atoms with van der Waals surface area (Å²) >= 11 is 0. The largest absolute Gasteiger partial charge is 0.466 e. The van der Waals surface area contributed by atoms with Crippen molar-refractivity contribution in [2.24, 2.45) is 0 Å². The van der Waals surface area contributed by atoms with Gasteiger partial charge in [0.05, 0.1) is 12.5 Å². The number of nitrogens with one attached hydrogen (secondary N) is 1. The number of carbonyl (C=O) groups is 1. The number of carbonyl (C=O) groups excluding carboxylic acids is 1. The minimum atomic E-state index is -0.283. The summed E-state index contributed by atoms with van der Waals surface area (Å²) in [5, 5.41) is 1.16. The normalized spacial score (nSPS) is 12.3. The van der Waals surface area contributed by atoms with E-state index in [1.54, 1.807) is 0 Å². The van der Waals surface area contributed by atoms with E-state index in [1.165, 1.54) is 0 Å². The van der Waals surface area contributed by atoms with Crippen LogP contribution in [0.4, 0.5) is 0 Å². The quantitative estimate of drug-likeness (QED) is 0.711. The van der Waals surface area contributed by atoms with Crippen molar-refractivity contribution in [3.05, 3.63) is 71.4 Å². The molecule has 3 nitrogen and oxygen atoms in total. The fourth-order valence-electron chi connectivity index (χ4n) is 2.99. The molecule has 0 spiro atoms. The van der Waals surface area contributed by atoms with Gasteiger partial charge in [0.25, 0.3) is 0 Å². The highest BCUT2D eigenvalue weighted by atomic mass is 16.5. The number of hydrogen-bond donors (Lipinski definition) is 1. The summed E-state index contributed by atoms with van der Waals surface area (Å²) in [4.78, 5) is 15.8. The Morgan fingerprint density at radius 3 is 2.78 bits per heavy atom. The summed E-state index contributed by atoms with van der Waals surface area (Å²) in [6.07, 6.45) is 2.62. The van der Waals surface area contributed by atoms with Gasteiger partial charge in [0.1, 0.15) is 0 Å². The molecule has 1 unspecified atom stereocenters. The minimum Gasteiger partial charge on any atom is -0.466 e. The van der Waals surface area contributed by atoms with Crippen molar-refractivity contribution in [2.75, 3.05) is 6.61 Å². The Balaban J connectivity index is 1.97. The van der Waals surface area contributed by atoms with Crippen LogP contribution in [0.15, 0.2) is 54.7 Å². The minimum absolute atomic E-state index is 0.164. The number of hydrogen-bond acceptors (Lipinski definition) is 2. The number of aryl methyl sites for hydroxylation is 1. The average Bonchev–Trinajstić information content (AvgIpc) is 2.96. The monoisotopic (exact) mass is 307 g/mol. The van der Waals surface area contributed by atoms with Gasteiger partial charge in [0.2, 0.25) is 0 Å². The van der Waals surface area contributed by atoms with Crippen molar-refractivity contribution >= 4 is 16.9 Å². The predicted molar refractivity (Wildman–Crippen MR) is 92.6 cm³/mol. The third kappa shape index (κ3) is 3.29. The van der Waals surface area contributed by atoms with Gasteiger partial charge in [-0.25, -0.2) is 0 Å². The van der Waals surface area contributed by atoms with Crippen molar-refractivity contribution in [1.29, 1.82) is 0 Å². The van der Waals surface area contributed by atoms with Crippen LogP contribution in [0.1, 0.15) is 29.5 Å². The van der Waals surface area contributed by atoms with Gasteiger partial charge >= 0.3 is 5.97 Å². The molecule has 0 radical (unpaired) electrons. The second-order valence-corrected chi connectivity index (χ2v) is 5.78. The fraction of sp³-hybridized carbons (Fsp3) is 0.250. The van der Waals surface area contributed by atoms with Crippen LogP contribution in [0.3, 0.4) is 0 Å². The Kier molecular flexibility index (Phi) is 4.47. The molecule has 0 amide bonds. The molecular formula is C20H21NO2. The van der Waals surface area contributed by atoms with Crippen LogP contribution >= 0.6 is 0 Å². The standard InChI is InChI=1S/C20H21NO2/c1-3-23-20(22)18(15-8-6-7-14(2)11-15)12-16-13-21-19-10-5-4-9-17(16)19/h4-11,13,18,21H,3,12H2,1-2H3. The lowest BCUT2D eigenvalue weighted by Crippen LogP contribution is -2.18. The zero-order chi connectivity index (χ0) is 16.2. The van der Waals surface area contributed by atoms with Crippen LogP contribution in [-0.2, 0) is 16.0 Å². The van der Waals surface area contributed by atoms with Gasteiger partial charge in [0.15, 0.2) is 0 Å². The highest BCUT2D eigenvalue weighted by Gasteiger charge is 2.23. The smallest absolute Gasteiger partial charge is 0.313 e. The van der Waals surface area contributed by atoms with Crippen LogP contribution in [-0.4, -0.2) is 17.6 Å². The number of ether oxygens (including phenoxy) is 1. The summed E-state index contributed by atoms with van der Waals surface area (Å²) in [5.74, 6) is -0.447. The van der Waals surface area contributed by atoms with Crippen molar-refractivity contribution in [1.82, 2.24) is 4.98 Å². The molecule has 1 N–H and O–H groups in total. The van der Waals surface area contributed by atoms with Crippen LogP contribution in [0.25, 0.3) is 10.9 Å². The molecule has 1 aromatic heterocycles. The maximum absolute atomic E-state index is 12.5. The number of rotatable bonds is 5. The number of benzene rings is 2. The molecule has 0 bridgehead atoms. The van der Waals surface area contributed by atoms with E-state index in [2.05, 4.69) is 17.1 Å². The summed E-state index contributed by atoms with van der Waals surface area (Å²) in [5.41, 5.74) is 4.39. The molecule has 0 fully saturated rings. The van der Waals surface area contributed by atoms with E-state index in [9.17, 15) is 4.79 Å². The van der Waals surface area contributed by atoms with Crippen LogP contribution < -0.4 is 0 Å². The first kappa shape index (κ1) is 15.3. The van der Waals surface area contributed by atoms with Crippen molar-refractivity contribution in [2.45, 2.75) is 26.2 Å². The lowest BCUT2D eigenvalue weighted by molar-refractivity contribution is -0.144. The number of fused-ring (bicyclic) bond motifs is 1. The van der Waals surface area contributed by atoms with E-state index in [0.29, 0.717) is 13.0 Å². The van der Waals surface area contributed by atoms with Crippen LogP contribution in [0.2, 0.25) is 0 Å². The topological polar surface area (TPSA) is 42.1 Å². The highest BCUT2D eigenvalue weighted by Crippen LogP contribution is 2.27. The zero-order valence-corrected chi connectivity index (χ0v) is 13.5. The number of aromatic amines is 1. The van der Waals surface area contributed by atoms with Gasteiger partial charge in [-0.2, -0.15) is 0 Å². The van der Waals surface area contributed by atoms with E-state index in [-0.39, 0.29) is 11.9 Å². The predicted octanol–water partition coefficient (Wildman–Crippen LogP) is 4.37. The van der Waals surface area contributed by atoms with E-state index in [4.69, 9.17) is 4.74 Å². The van der Waals surface area contributed by atoms with E-state index in [1.807, 2.05) is 56.4 Å². The Morgan fingerprint density at radius 1 is 1.17 bits per heavy atom. The molecule has 1 atom stereocenters. The first-order valence-electron chi connectivity index (χ1n) is 7.97. The van der Waals surface area contributed by atoms with Gasteiger partial charge in [-0.05, 0) is 37.5 Å². The molecular weight excluding hydrogens is 286 g/mol. The molecule has 0 saturated carbocycles. The average molecular weight is 307 g/mol. The molecule has 118 valence electrons. The second-order valence-electron chi connectivity index (χ2n) is 5.78. The van der Waals surface area contributed by atoms with Crippen LogP contribution in [0.5, 0.6) is 0 Å². The first-order valence-corrected chi connectivity index (χ1v) is 7.97. The zero-order valence-electron chi connectivity index (χ0n) is 13.5. The van der Waals surface area contributed by atoms with E-state index >= 15 is 0 Å². The van der Waals surface area contributed by atoms with Crippen LogP contribution in [0, 0.1) is 6.92 Å². The summed E-state index contributed by atoms with van der Waals surface area (Å²) in [6.45, 7) is 4.28. The Morgan fingerprint density at radius 2 is 2.00 bits per heavy atom. The maximum atomic E-state index is 12.5.